The van der Waals surface area contributed by atoms with Gasteiger partial charge in [-0.15, -0.1) is 0 Å². The van der Waals surface area contributed by atoms with Crippen LogP contribution >= 0.6 is 0 Å². The van der Waals surface area contributed by atoms with E-state index in [0.29, 0.717) is 4.90 Å². The summed E-state index contributed by atoms with van der Waals surface area (Å²) in [6, 6.07) is 6.91. The van der Waals surface area contributed by atoms with Crippen LogP contribution in [0.3, 0.4) is 0 Å². The van der Waals surface area contributed by atoms with Crippen molar-refractivity contribution in [3.63, 3.8) is 0 Å². The van der Waals surface area contributed by atoms with Gasteiger partial charge in [0.15, 0.2) is 10.7 Å². The molecule has 0 aromatic heterocycles. The third-order valence-electron chi connectivity index (χ3n) is 15.8. The molecule has 1 spiro atoms. The molecule has 10 aliphatic rings. The average Bonchev–Trinajstić information content (AvgIpc) is 3.40. The Morgan fingerprint density at radius 2 is 1.14 bits per heavy atom. The summed E-state index contributed by atoms with van der Waals surface area (Å²) < 4.78 is 20.9. The van der Waals surface area contributed by atoms with Crippen LogP contribution < -0.4 is 0 Å². The van der Waals surface area contributed by atoms with Crippen LogP contribution in [0.4, 0.5) is 0 Å². The number of fused-ring (bicyclic) bond motifs is 10. The Bertz CT molecular complexity index is 1060. The van der Waals surface area contributed by atoms with Gasteiger partial charge >= 0.3 is 54.7 Å². The van der Waals surface area contributed by atoms with Gasteiger partial charge < -0.3 is 0 Å². The van der Waals surface area contributed by atoms with Crippen LogP contribution in [-0.2, 0) is 17.2 Å². The van der Waals surface area contributed by atoms with Gasteiger partial charge in [0.2, 0.25) is 0 Å². The van der Waals surface area contributed by atoms with E-state index < -0.39 is 17.2 Å². The topological polar surface area (TPSA) is 34.1 Å². The molecule has 10 fully saturated rings. The summed E-state index contributed by atoms with van der Waals surface area (Å²) in [6.45, 7) is -0.505. The summed E-state index contributed by atoms with van der Waals surface area (Å²) >= 11 is 0. The Hall–Kier alpha value is -0.311. The Morgan fingerprint density at radius 1 is 0.762 bits per heavy atom. The van der Waals surface area contributed by atoms with Crippen molar-refractivity contribution in [2.45, 2.75) is 60.0 Å². The van der Waals surface area contributed by atoms with E-state index in [1.54, 1.807) is 73.3 Å². The van der Waals surface area contributed by atoms with Gasteiger partial charge in [-0.1, -0.05) is 18.2 Å². The van der Waals surface area contributed by atoms with Crippen molar-refractivity contribution >= 4 is 10.7 Å². The fourth-order valence-electron chi connectivity index (χ4n) is 16.6. The quantitative estimate of drug-likeness (QED) is 0.608. The number of aryl methyl sites for hydroxylation is 1. The molecule has 0 aliphatic carbocycles. The molecule has 112 valence electrons. The first kappa shape index (κ1) is 9.10. The van der Waals surface area contributed by atoms with Crippen molar-refractivity contribution in [3.8, 4) is 0 Å². The third kappa shape index (κ3) is 0.134. The molecule has 11 rings (SSSR count). The summed E-state index contributed by atoms with van der Waals surface area (Å²) in [5, 5.41) is 0. The number of hydrogen-bond acceptors (Lipinski definition) is 2. The van der Waals surface area contributed by atoms with Gasteiger partial charge in [0, 0.05) is 0 Å². The van der Waals surface area contributed by atoms with Gasteiger partial charge in [-0.2, -0.15) is 0 Å². The van der Waals surface area contributed by atoms with E-state index >= 15 is 0 Å². The molecule has 0 unspecified atom stereocenters. The van der Waals surface area contributed by atoms with E-state index in [9.17, 15) is 8.42 Å². The predicted molar refractivity (Wildman–Crippen MR) is 77.3 cm³/mol. The number of rotatable bonds is 1. The first-order valence-electron chi connectivity index (χ1n) is 8.29. The van der Waals surface area contributed by atoms with Crippen LogP contribution in [0.1, 0.15) is 5.56 Å². The molecule has 4 heteroatoms. The summed E-state index contributed by atoms with van der Waals surface area (Å²) in [5.74, 6) is 0. The molecule has 0 atom stereocenters. The molecule has 0 N–H and O–H groups in total. The first-order chi connectivity index (χ1) is 9.87. The second-order valence-electron chi connectivity index (χ2n) is 11.6. The van der Waals surface area contributed by atoms with Crippen molar-refractivity contribution < 1.29 is 14.9 Å². The number of benzene rings is 1. The second kappa shape index (κ2) is 0.894. The minimum atomic E-state index is -2.42. The molecule has 0 amide bonds. The molecule has 10 saturated heterocycles. The Balaban J connectivity index is 0.0000000793. The molecule has 0 radical (unpaired) electrons. The fraction of sp³-hybridized carbons (Fsp3) is 0.647. The summed E-state index contributed by atoms with van der Waals surface area (Å²) in [5.41, 5.74) is 0.804. The Labute approximate surface area is 115 Å². The zero-order valence-electron chi connectivity index (χ0n) is 11.7. The fourth-order valence-corrected chi connectivity index (χ4v) is 89.3. The zero-order valence-corrected chi connectivity index (χ0v) is 13.7. The summed E-state index contributed by atoms with van der Waals surface area (Å²) in [6.07, 6.45) is 0. The van der Waals surface area contributed by atoms with Crippen molar-refractivity contribution in [1.29, 1.82) is 0 Å². The molecule has 10 aliphatic heterocycles. The van der Waals surface area contributed by atoms with E-state index in [0.717, 1.165) is 5.56 Å². The molecule has 0 bridgehead atoms. The summed E-state index contributed by atoms with van der Waals surface area (Å²) in [7, 11) is -2.42. The van der Waals surface area contributed by atoms with Gasteiger partial charge in [0.05, 0.1) is 4.90 Å². The van der Waals surface area contributed by atoms with Crippen LogP contribution in [-0.4, -0.2) is 8.42 Å². The van der Waals surface area contributed by atoms with Crippen molar-refractivity contribution in [2.75, 3.05) is 0 Å². The van der Waals surface area contributed by atoms with Crippen LogP contribution in [0, 0.1) is 6.92 Å². The second-order valence-corrected chi connectivity index (χ2v) is 36.5. The summed E-state index contributed by atoms with van der Waals surface area (Å²) in [4.78, 5) is 16.3. The predicted octanol–water partition coefficient (Wildman–Crippen LogP) is 4.34. The normalized spacial score (nSPS) is 94.4. The van der Waals surface area contributed by atoms with Crippen molar-refractivity contribution in [2.24, 2.45) is 0 Å². The monoisotopic (exact) mass is 342 g/mol. The standard InChI is InChI=1S/C7H8O2S.2C5H5.Fe/c1-6-4-2-3-5-7(6)10(8)9;2*1-2-4-5-3-1;/h2-5,10H,1H3;2*1-5H;. The van der Waals surface area contributed by atoms with Crippen LogP contribution in [0.2, 0.25) is 48.2 Å². The van der Waals surface area contributed by atoms with Crippen LogP contribution in [0.15, 0.2) is 29.2 Å². The third-order valence-corrected chi connectivity index (χ3v) is 58.7. The zero-order chi connectivity index (χ0) is 13.7. The Morgan fingerprint density at radius 3 is 1.33 bits per heavy atom. The van der Waals surface area contributed by atoms with E-state index in [2.05, 4.69) is 0 Å². The van der Waals surface area contributed by atoms with Gasteiger partial charge in [-0.25, -0.2) is 8.42 Å². The van der Waals surface area contributed by atoms with E-state index in [1.165, 1.54) is 0 Å². The van der Waals surface area contributed by atoms with Crippen molar-refractivity contribution in [3.05, 3.63) is 29.8 Å². The first-order valence-corrected chi connectivity index (χ1v) is 15.8. The molecule has 21 heavy (non-hydrogen) atoms. The van der Waals surface area contributed by atoms with E-state index in [4.69, 9.17) is 0 Å². The number of hydrogen-bond donors (Lipinski definition) is 1. The van der Waals surface area contributed by atoms with E-state index in [1.807, 2.05) is 6.07 Å². The van der Waals surface area contributed by atoms with Crippen LogP contribution in [0.5, 0.6) is 0 Å². The van der Waals surface area contributed by atoms with Gasteiger partial charge in [-0.05, 0) is 18.6 Å². The number of thiol groups is 1. The molecule has 0 saturated carbocycles. The molecular weight excluding hydrogens is 324 g/mol. The molecule has 2 nitrogen and oxygen atoms in total. The molecular formula is C17H18FeO2S. The average molecular weight is 342 g/mol. The molecule has 10 heterocycles. The van der Waals surface area contributed by atoms with Gasteiger partial charge in [0.1, 0.15) is 0 Å². The molecule has 1 aromatic rings. The molecule has 1 aromatic carbocycles. The Kier molecular flexibility index (Phi) is 0.388. The van der Waals surface area contributed by atoms with Gasteiger partial charge in [0.25, 0.3) is 0 Å². The minimum absolute atomic E-state index is 0.414. The van der Waals surface area contributed by atoms with E-state index in [-0.39, 0.29) is 0 Å². The van der Waals surface area contributed by atoms with Gasteiger partial charge in [-0.3, -0.25) is 0 Å². The van der Waals surface area contributed by atoms with Crippen molar-refractivity contribution in [1.82, 2.24) is 0 Å². The van der Waals surface area contributed by atoms with Crippen LogP contribution in [0.25, 0.3) is 0 Å². The SMILES string of the molecule is Cc1ccccc1[SH](=O)=O.[CH]12[CH]3[CH]4[CH]5[CH]1[Fe]23451678[CH]2[CH]1[CH]6[CH]7[CH]28. The maximum absolute atomic E-state index is 10.5. The maximum atomic E-state index is 10.5.